The van der Waals surface area contributed by atoms with E-state index in [1.54, 1.807) is 24.3 Å². The first-order chi connectivity index (χ1) is 15.4. The number of hydrogen-bond acceptors (Lipinski definition) is 5. The Morgan fingerprint density at radius 3 is 2.56 bits per heavy atom. The number of nitrogens with zero attached hydrogens (tertiary/aromatic N) is 1. The van der Waals surface area contributed by atoms with E-state index in [4.69, 9.17) is 21.4 Å². The molecule has 1 heterocycles. The number of esters is 1. The van der Waals surface area contributed by atoms with Gasteiger partial charge in [0.15, 0.2) is 6.61 Å². The van der Waals surface area contributed by atoms with Crippen LogP contribution in [0.3, 0.4) is 0 Å². The largest absolute Gasteiger partial charge is 0.478 e. The molecule has 0 atom stereocenters. The Bertz CT molecular complexity index is 1320. The topological polar surface area (TPSA) is 121 Å². The summed E-state index contributed by atoms with van der Waals surface area (Å²) in [6, 6.07) is 18.1. The summed E-state index contributed by atoms with van der Waals surface area (Å²) in [5.74, 6) is -2.03. The lowest BCUT2D eigenvalue weighted by Crippen LogP contribution is -2.21. The van der Waals surface area contributed by atoms with Crippen LogP contribution in [0.1, 0.15) is 20.7 Å². The van der Waals surface area contributed by atoms with Crippen molar-refractivity contribution >= 4 is 46.2 Å². The number of halogens is 1. The van der Waals surface area contributed by atoms with Crippen molar-refractivity contribution in [2.24, 2.45) is 0 Å². The molecule has 0 aliphatic carbocycles. The molecular weight excluding hydrogens is 434 g/mol. The average molecular weight is 450 g/mol. The Kier molecular flexibility index (Phi) is 5.87. The van der Waals surface area contributed by atoms with E-state index in [0.717, 1.165) is 11.0 Å². The van der Waals surface area contributed by atoms with Crippen molar-refractivity contribution < 1.29 is 24.2 Å². The third kappa shape index (κ3) is 4.45. The van der Waals surface area contributed by atoms with Gasteiger partial charge in [0.25, 0.3) is 5.91 Å². The third-order valence-corrected chi connectivity index (χ3v) is 4.94. The van der Waals surface area contributed by atoms with E-state index in [1.807, 2.05) is 24.3 Å². The second-order valence-corrected chi connectivity index (χ2v) is 7.18. The molecule has 4 aromatic rings. The van der Waals surface area contributed by atoms with E-state index >= 15 is 0 Å². The normalized spacial score (nSPS) is 10.7. The van der Waals surface area contributed by atoms with Crippen molar-refractivity contribution in [1.82, 2.24) is 9.97 Å². The lowest BCUT2D eigenvalue weighted by atomic mass is 10.1. The van der Waals surface area contributed by atoms with E-state index in [2.05, 4.69) is 15.3 Å². The number of carboxylic acids is 1. The monoisotopic (exact) mass is 449 g/mol. The fourth-order valence-corrected chi connectivity index (χ4v) is 3.26. The molecule has 3 aromatic carbocycles. The first kappa shape index (κ1) is 21.1. The number of carbonyl (C=O) groups is 3. The van der Waals surface area contributed by atoms with Crippen LogP contribution in [0.4, 0.5) is 5.69 Å². The highest BCUT2D eigenvalue weighted by atomic mass is 35.5. The summed E-state index contributed by atoms with van der Waals surface area (Å²) in [7, 11) is 0. The molecule has 0 fully saturated rings. The Labute approximate surface area is 186 Å². The summed E-state index contributed by atoms with van der Waals surface area (Å²) in [6.45, 7) is -0.582. The Morgan fingerprint density at radius 2 is 1.78 bits per heavy atom. The lowest BCUT2D eigenvalue weighted by Gasteiger charge is -2.10. The number of para-hydroxylation sites is 2. The van der Waals surface area contributed by atoms with Gasteiger partial charge in [-0.1, -0.05) is 41.9 Å². The van der Waals surface area contributed by atoms with Crippen LogP contribution in [0.2, 0.25) is 5.02 Å². The average Bonchev–Trinajstić information content (AvgIpc) is 3.23. The molecular formula is C23H16ClN3O5. The Balaban J connectivity index is 1.48. The maximum absolute atomic E-state index is 12.7. The number of carbonyl (C=O) groups excluding carboxylic acids is 2. The molecule has 0 bridgehead atoms. The van der Waals surface area contributed by atoms with Crippen LogP contribution in [0, 0.1) is 0 Å². The zero-order chi connectivity index (χ0) is 22.7. The standard InChI is InChI=1S/C23H16ClN3O5/c24-16-10-9-13(22(29)30)11-19(16)25-20(28)12-32-23(31)15-6-2-1-5-14(15)21-26-17-7-3-4-8-18(17)27-21/h1-11H,12H2,(H,25,28)(H,26,27)(H,29,30). The summed E-state index contributed by atoms with van der Waals surface area (Å²) in [4.78, 5) is 43.7. The van der Waals surface area contributed by atoms with Gasteiger partial charge in [0.1, 0.15) is 5.82 Å². The molecule has 0 aliphatic heterocycles. The van der Waals surface area contributed by atoms with E-state index in [0.29, 0.717) is 11.4 Å². The van der Waals surface area contributed by atoms with Crippen molar-refractivity contribution in [3.8, 4) is 11.4 Å². The number of aromatic nitrogens is 2. The highest BCUT2D eigenvalue weighted by Crippen LogP contribution is 2.25. The molecule has 3 N–H and O–H groups in total. The van der Waals surface area contributed by atoms with E-state index in [9.17, 15) is 14.4 Å². The number of rotatable bonds is 6. The van der Waals surface area contributed by atoms with Gasteiger partial charge in [0, 0.05) is 5.56 Å². The zero-order valence-electron chi connectivity index (χ0n) is 16.5. The molecule has 0 saturated heterocycles. The van der Waals surface area contributed by atoms with Gasteiger partial charge in [-0.05, 0) is 36.4 Å². The number of anilines is 1. The number of imidazole rings is 1. The van der Waals surface area contributed by atoms with Gasteiger partial charge >= 0.3 is 11.9 Å². The number of aromatic amines is 1. The summed E-state index contributed by atoms with van der Waals surface area (Å²) < 4.78 is 5.16. The fraction of sp³-hybridized carbons (Fsp3) is 0.0435. The number of benzene rings is 3. The number of carboxylic acid groups (broad SMARTS) is 1. The second-order valence-electron chi connectivity index (χ2n) is 6.77. The molecule has 1 aromatic heterocycles. The maximum Gasteiger partial charge on any atom is 0.339 e. The summed E-state index contributed by atoms with van der Waals surface area (Å²) in [5, 5.41) is 11.7. The minimum Gasteiger partial charge on any atom is -0.478 e. The first-order valence-corrected chi connectivity index (χ1v) is 9.84. The molecule has 160 valence electrons. The summed E-state index contributed by atoms with van der Waals surface area (Å²) in [6.07, 6.45) is 0. The van der Waals surface area contributed by atoms with Gasteiger partial charge in [0.2, 0.25) is 0 Å². The van der Waals surface area contributed by atoms with Crippen molar-refractivity contribution in [3.05, 3.63) is 82.9 Å². The molecule has 9 heteroatoms. The van der Waals surface area contributed by atoms with Crippen LogP contribution in [-0.4, -0.2) is 39.5 Å². The quantitative estimate of drug-likeness (QED) is 0.375. The molecule has 1 amide bonds. The number of aromatic carboxylic acids is 1. The number of nitrogens with one attached hydrogen (secondary N) is 2. The minimum atomic E-state index is -1.16. The van der Waals surface area contributed by atoms with E-state index < -0.39 is 24.5 Å². The van der Waals surface area contributed by atoms with Gasteiger partial charge in [-0.25, -0.2) is 14.6 Å². The van der Waals surface area contributed by atoms with Gasteiger partial charge in [0.05, 0.1) is 32.9 Å². The number of hydrogen-bond donors (Lipinski definition) is 3. The molecule has 0 aliphatic rings. The minimum absolute atomic E-state index is 0.0403. The first-order valence-electron chi connectivity index (χ1n) is 9.46. The van der Waals surface area contributed by atoms with E-state index in [1.165, 1.54) is 18.2 Å². The molecule has 0 radical (unpaired) electrons. The molecule has 32 heavy (non-hydrogen) atoms. The number of H-pyrrole nitrogens is 1. The predicted molar refractivity (Wildman–Crippen MR) is 119 cm³/mol. The van der Waals surface area contributed by atoms with Crippen LogP contribution in [-0.2, 0) is 9.53 Å². The number of fused-ring (bicyclic) bond motifs is 1. The van der Waals surface area contributed by atoms with Crippen molar-refractivity contribution in [2.75, 3.05) is 11.9 Å². The van der Waals surface area contributed by atoms with Crippen molar-refractivity contribution in [2.45, 2.75) is 0 Å². The van der Waals surface area contributed by atoms with E-state index in [-0.39, 0.29) is 21.8 Å². The van der Waals surface area contributed by atoms with Gasteiger partial charge in [-0.2, -0.15) is 0 Å². The van der Waals surface area contributed by atoms with Crippen LogP contribution in [0.5, 0.6) is 0 Å². The van der Waals surface area contributed by atoms with Crippen molar-refractivity contribution in [3.63, 3.8) is 0 Å². The molecule has 0 saturated carbocycles. The van der Waals surface area contributed by atoms with Gasteiger partial charge in [-0.15, -0.1) is 0 Å². The highest BCUT2D eigenvalue weighted by Gasteiger charge is 2.18. The number of ether oxygens (including phenoxy) is 1. The van der Waals surface area contributed by atoms with Crippen LogP contribution >= 0.6 is 11.6 Å². The zero-order valence-corrected chi connectivity index (χ0v) is 17.2. The van der Waals surface area contributed by atoms with Gasteiger partial charge < -0.3 is 20.1 Å². The molecule has 0 unspecified atom stereocenters. The molecule has 4 rings (SSSR count). The second kappa shape index (κ2) is 8.91. The van der Waals surface area contributed by atoms with Gasteiger partial charge in [-0.3, -0.25) is 4.79 Å². The van der Waals surface area contributed by atoms with Crippen LogP contribution in [0.25, 0.3) is 22.4 Å². The molecule has 0 spiro atoms. The molecule has 8 nitrogen and oxygen atoms in total. The lowest BCUT2D eigenvalue weighted by molar-refractivity contribution is -0.119. The SMILES string of the molecule is O=C(COC(=O)c1ccccc1-c1nc2ccccc2[nH]1)Nc1cc(C(=O)O)ccc1Cl. The smallest absolute Gasteiger partial charge is 0.339 e. The Morgan fingerprint density at radius 1 is 1.03 bits per heavy atom. The predicted octanol–water partition coefficient (Wildman–Crippen LogP) is 4.38. The van der Waals surface area contributed by atoms with Crippen LogP contribution in [0.15, 0.2) is 66.7 Å². The summed E-state index contributed by atoms with van der Waals surface area (Å²) in [5.41, 5.74) is 2.42. The highest BCUT2D eigenvalue weighted by molar-refractivity contribution is 6.33. The maximum atomic E-state index is 12.7. The number of amides is 1. The van der Waals surface area contributed by atoms with Crippen molar-refractivity contribution in [1.29, 1.82) is 0 Å². The summed E-state index contributed by atoms with van der Waals surface area (Å²) >= 11 is 6.00. The van der Waals surface area contributed by atoms with Crippen LogP contribution < -0.4 is 5.32 Å². The third-order valence-electron chi connectivity index (χ3n) is 4.61. The Hall–Kier alpha value is -4.17. The fourth-order valence-electron chi connectivity index (χ4n) is 3.10.